The van der Waals surface area contributed by atoms with Crippen LogP contribution in [-0.2, 0) is 10.0 Å². The molecule has 0 spiro atoms. The number of sulfonamides is 1. The lowest BCUT2D eigenvalue weighted by molar-refractivity contribution is 0.594. The fourth-order valence-corrected chi connectivity index (χ4v) is 3.13. The largest absolute Gasteiger partial charge is 0.387 e. The zero-order valence-corrected chi connectivity index (χ0v) is 11.6. The van der Waals surface area contributed by atoms with Crippen molar-refractivity contribution >= 4 is 21.4 Å². The van der Waals surface area contributed by atoms with Crippen molar-refractivity contribution < 1.29 is 8.42 Å². The molecule has 0 fully saturated rings. The molecule has 0 saturated heterocycles. The van der Waals surface area contributed by atoms with Crippen LogP contribution in [0.15, 0.2) is 53.7 Å². The summed E-state index contributed by atoms with van der Waals surface area (Å²) in [5.41, 5.74) is 1.14. The molecular formula is C13H15N3O2S. The van der Waals surface area contributed by atoms with Crippen molar-refractivity contribution in [2.75, 3.05) is 23.7 Å². The smallest absolute Gasteiger partial charge is 0.266 e. The Labute approximate surface area is 113 Å². The van der Waals surface area contributed by atoms with Gasteiger partial charge in [-0.2, -0.15) is 0 Å². The number of para-hydroxylation sites is 1. The van der Waals surface area contributed by atoms with Gasteiger partial charge in [0.15, 0.2) is 0 Å². The molecule has 1 aromatic heterocycles. The molecule has 0 amide bonds. The first-order chi connectivity index (χ1) is 9.07. The van der Waals surface area contributed by atoms with Crippen LogP contribution in [0.4, 0.5) is 11.4 Å². The van der Waals surface area contributed by atoms with Crippen LogP contribution in [0.25, 0.3) is 0 Å². The summed E-state index contributed by atoms with van der Waals surface area (Å²) >= 11 is 0. The van der Waals surface area contributed by atoms with E-state index in [-0.39, 0.29) is 4.90 Å². The molecule has 0 aliphatic heterocycles. The first-order valence-corrected chi connectivity index (χ1v) is 7.17. The van der Waals surface area contributed by atoms with Gasteiger partial charge in [0.1, 0.15) is 4.90 Å². The van der Waals surface area contributed by atoms with Gasteiger partial charge in [-0.05, 0) is 24.3 Å². The van der Waals surface area contributed by atoms with E-state index in [0.29, 0.717) is 11.4 Å². The average Bonchev–Trinajstić information content (AvgIpc) is 2.47. The molecule has 19 heavy (non-hydrogen) atoms. The van der Waals surface area contributed by atoms with Crippen LogP contribution in [0.1, 0.15) is 0 Å². The van der Waals surface area contributed by atoms with Crippen molar-refractivity contribution in [1.82, 2.24) is 4.98 Å². The Bertz CT molecular complexity index is 657. The SMILES string of the molecule is CNc1ccccc1S(=O)(=O)N(C)c1ccncc1. The topological polar surface area (TPSA) is 62.3 Å². The van der Waals surface area contributed by atoms with Crippen LogP contribution in [0.3, 0.4) is 0 Å². The van der Waals surface area contributed by atoms with E-state index < -0.39 is 10.0 Å². The highest BCUT2D eigenvalue weighted by atomic mass is 32.2. The first kappa shape index (κ1) is 13.4. The quantitative estimate of drug-likeness (QED) is 0.928. The van der Waals surface area contributed by atoms with Gasteiger partial charge in [0.05, 0.1) is 11.4 Å². The van der Waals surface area contributed by atoms with Crippen LogP contribution in [0.2, 0.25) is 0 Å². The summed E-state index contributed by atoms with van der Waals surface area (Å²) in [6, 6.07) is 10.1. The second-order valence-corrected chi connectivity index (χ2v) is 5.86. The Kier molecular flexibility index (Phi) is 3.71. The zero-order chi connectivity index (χ0) is 13.9. The van der Waals surface area contributed by atoms with Crippen molar-refractivity contribution in [2.24, 2.45) is 0 Å². The van der Waals surface area contributed by atoms with E-state index in [2.05, 4.69) is 10.3 Å². The Balaban J connectivity index is 2.48. The van der Waals surface area contributed by atoms with Crippen molar-refractivity contribution in [2.45, 2.75) is 4.90 Å². The summed E-state index contributed by atoms with van der Waals surface area (Å²) in [5, 5.41) is 2.89. The first-order valence-electron chi connectivity index (χ1n) is 5.73. The number of hydrogen-bond donors (Lipinski definition) is 1. The molecule has 0 radical (unpaired) electrons. The van der Waals surface area contributed by atoms with Gasteiger partial charge in [-0.15, -0.1) is 0 Å². The van der Waals surface area contributed by atoms with Gasteiger partial charge >= 0.3 is 0 Å². The third kappa shape index (κ3) is 2.53. The minimum atomic E-state index is -3.59. The van der Waals surface area contributed by atoms with E-state index >= 15 is 0 Å². The third-order valence-electron chi connectivity index (χ3n) is 2.82. The number of hydrogen-bond acceptors (Lipinski definition) is 4. The number of nitrogens with one attached hydrogen (secondary N) is 1. The molecule has 6 heteroatoms. The lowest BCUT2D eigenvalue weighted by Gasteiger charge is -2.20. The van der Waals surface area contributed by atoms with E-state index in [9.17, 15) is 8.42 Å². The monoisotopic (exact) mass is 277 g/mol. The number of rotatable bonds is 4. The molecule has 0 atom stereocenters. The van der Waals surface area contributed by atoms with Crippen LogP contribution in [-0.4, -0.2) is 27.5 Å². The highest BCUT2D eigenvalue weighted by Gasteiger charge is 2.23. The Hall–Kier alpha value is -2.08. The van der Waals surface area contributed by atoms with Gasteiger partial charge < -0.3 is 5.32 Å². The Morgan fingerprint density at radius 2 is 1.74 bits per heavy atom. The summed E-state index contributed by atoms with van der Waals surface area (Å²) < 4.78 is 26.4. The molecule has 0 saturated carbocycles. The van der Waals surface area contributed by atoms with E-state index in [1.807, 2.05) is 0 Å². The Morgan fingerprint density at radius 1 is 1.11 bits per heavy atom. The molecule has 1 aromatic carbocycles. The van der Waals surface area contributed by atoms with Crippen molar-refractivity contribution in [3.63, 3.8) is 0 Å². The minimum Gasteiger partial charge on any atom is -0.387 e. The number of pyridine rings is 1. The second-order valence-electron chi connectivity index (χ2n) is 3.92. The van der Waals surface area contributed by atoms with Gasteiger partial charge in [0, 0.05) is 26.5 Å². The van der Waals surface area contributed by atoms with Crippen LogP contribution in [0.5, 0.6) is 0 Å². The maximum atomic E-state index is 12.6. The zero-order valence-electron chi connectivity index (χ0n) is 10.7. The lowest BCUT2D eigenvalue weighted by Crippen LogP contribution is -2.27. The van der Waals surface area contributed by atoms with Crippen molar-refractivity contribution in [3.8, 4) is 0 Å². The number of nitrogens with zero attached hydrogens (tertiary/aromatic N) is 2. The van der Waals surface area contributed by atoms with Crippen molar-refractivity contribution in [1.29, 1.82) is 0 Å². The molecule has 0 unspecified atom stereocenters. The fourth-order valence-electron chi connectivity index (χ4n) is 1.74. The van der Waals surface area contributed by atoms with Gasteiger partial charge in [0.25, 0.3) is 10.0 Å². The second kappa shape index (κ2) is 5.27. The summed E-state index contributed by atoms with van der Waals surface area (Å²) in [4.78, 5) is 4.13. The van der Waals surface area contributed by atoms with Crippen LogP contribution < -0.4 is 9.62 Å². The van der Waals surface area contributed by atoms with Gasteiger partial charge in [-0.3, -0.25) is 9.29 Å². The standard InChI is InChI=1S/C13H15N3O2S/c1-14-12-5-3-4-6-13(12)19(17,18)16(2)11-7-9-15-10-8-11/h3-10,14H,1-2H3. The third-order valence-corrected chi connectivity index (χ3v) is 4.66. The molecule has 100 valence electrons. The van der Waals surface area contributed by atoms with Gasteiger partial charge in [-0.1, -0.05) is 12.1 Å². The summed E-state index contributed by atoms with van der Waals surface area (Å²) in [6.07, 6.45) is 3.12. The molecule has 0 aliphatic rings. The molecule has 1 heterocycles. The molecule has 1 N–H and O–H groups in total. The maximum absolute atomic E-state index is 12.6. The lowest BCUT2D eigenvalue weighted by atomic mass is 10.3. The van der Waals surface area contributed by atoms with Crippen LogP contribution >= 0.6 is 0 Å². The normalized spacial score (nSPS) is 11.1. The van der Waals surface area contributed by atoms with E-state index in [0.717, 1.165) is 0 Å². The molecule has 0 bridgehead atoms. The summed E-state index contributed by atoms with van der Waals surface area (Å²) in [6.45, 7) is 0. The fraction of sp³-hybridized carbons (Fsp3) is 0.154. The van der Waals surface area contributed by atoms with E-state index in [4.69, 9.17) is 0 Å². The molecular weight excluding hydrogens is 262 g/mol. The number of aromatic nitrogens is 1. The molecule has 2 aromatic rings. The molecule has 2 rings (SSSR count). The van der Waals surface area contributed by atoms with E-state index in [1.165, 1.54) is 11.4 Å². The summed E-state index contributed by atoms with van der Waals surface area (Å²) in [7, 11) is -0.372. The molecule has 5 nitrogen and oxygen atoms in total. The maximum Gasteiger partial charge on any atom is 0.266 e. The summed E-state index contributed by atoms with van der Waals surface area (Å²) in [5.74, 6) is 0. The minimum absolute atomic E-state index is 0.247. The van der Waals surface area contributed by atoms with Crippen LogP contribution in [0, 0.1) is 0 Å². The highest BCUT2D eigenvalue weighted by Crippen LogP contribution is 2.26. The van der Waals surface area contributed by atoms with Gasteiger partial charge in [-0.25, -0.2) is 8.42 Å². The number of benzene rings is 1. The number of anilines is 2. The van der Waals surface area contributed by atoms with Gasteiger partial charge in [0.2, 0.25) is 0 Å². The molecule has 0 aliphatic carbocycles. The predicted molar refractivity (Wildman–Crippen MR) is 75.8 cm³/mol. The highest BCUT2D eigenvalue weighted by molar-refractivity contribution is 7.93. The predicted octanol–water partition coefficient (Wildman–Crippen LogP) is 1.95. The average molecular weight is 277 g/mol. The van der Waals surface area contributed by atoms with Crippen molar-refractivity contribution in [3.05, 3.63) is 48.8 Å². The Morgan fingerprint density at radius 3 is 2.37 bits per heavy atom. The van der Waals surface area contributed by atoms with E-state index in [1.54, 1.807) is 55.8 Å².